The van der Waals surface area contributed by atoms with Crippen molar-refractivity contribution in [3.63, 3.8) is 0 Å². The highest BCUT2D eigenvalue weighted by atomic mass is 14.4. The molecule has 0 radical (unpaired) electrons. The first-order chi connectivity index (χ1) is 4.41. The Labute approximate surface area is 57.0 Å². The largest absolute Gasteiger partial charge is 0.0879 e. The molecule has 1 spiro atoms. The standard InChI is InChI=1S/C9H14/c1-2-6-9(5-1)7-3-4-8-9/h1,5H,2-4,6-8H2. The van der Waals surface area contributed by atoms with E-state index in [-0.39, 0.29) is 0 Å². The molecular weight excluding hydrogens is 108 g/mol. The lowest BCUT2D eigenvalue weighted by Gasteiger charge is -2.18. The quantitative estimate of drug-likeness (QED) is 0.433. The van der Waals surface area contributed by atoms with Crippen LogP contribution in [0.1, 0.15) is 38.5 Å². The topological polar surface area (TPSA) is 0 Å². The minimum absolute atomic E-state index is 0.708. The molecule has 9 heavy (non-hydrogen) atoms. The number of allylic oxidation sites excluding steroid dienone is 2. The summed E-state index contributed by atoms with van der Waals surface area (Å²) in [6.07, 6.45) is 13.5. The molecule has 0 N–H and O–H groups in total. The van der Waals surface area contributed by atoms with E-state index >= 15 is 0 Å². The lowest BCUT2D eigenvalue weighted by atomic mass is 9.86. The second-order valence-corrected chi connectivity index (χ2v) is 3.51. The molecule has 2 rings (SSSR count). The number of hydrogen-bond acceptors (Lipinski definition) is 0. The summed E-state index contributed by atoms with van der Waals surface area (Å²) in [4.78, 5) is 0. The fraction of sp³-hybridized carbons (Fsp3) is 0.778. The van der Waals surface area contributed by atoms with Gasteiger partial charge in [0.25, 0.3) is 0 Å². The molecule has 2 aliphatic carbocycles. The zero-order chi connectivity index (χ0) is 6.16. The van der Waals surface area contributed by atoms with Gasteiger partial charge in [-0.25, -0.2) is 0 Å². The fourth-order valence-corrected chi connectivity index (χ4v) is 2.28. The van der Waals surface area contributed by atoms with E-state index < -0.39 is 0 Å². The average molecular weight is 122 g/mol. The smallest absolute Gasteiger partial charge is 0.0115 e. The Morgan fingerprint density at radius 1 is 1.00 bits per heavy atom. The Hall–Kier alpha value is -0.260. The maximum atomic E-state index is 2.47. The van der Waals surface area contributed by atoms with Crippen LogP contribution in [-0.4, -0.2) is 0 Å². The molecule has 0 heterocycles. The van der Waals surface area contributed by atoms with Crippen LogP contribution in [0.5, 0.6) is 0 Å². The number of rotatable bonds is 0. The van der Waals surface area contributed by atoms with Crippen LogP contribution in [0.4, 0.5) is 0 Å². The van der Waals surface area contributed by atoms with Crippen LogP contribution in [0.2, 0.25) is 0 Å². The molecule has 0 aliphatic heterocycles. The zero-order valence-electron chi connectivity index (χ0n) is 5.90. The van der Waals surface area contributed by atoms with Crippen LogP contribution in [-0.2, 0) is 0 Å². The molecule has 0 aromatic rings. The van der Waals surface area contributed by atoms with Crippen molar-refractivity contribution in [2.75, 3.05) is 0 Å². The van der Waals surface area contributed by atoms with Crippen molar-refractivity contribution in [3.8, 4) is 0 Å². The van der Waals surface area contributed by atoms with Gasteiger partial charge in [0.2, 0.25) is 0 Å². The molecule has 0 aromatic carbocycles. The lowest BCUT2D eigenvalue weighted by Crippen LogP contribution is -2.07. The second kappa shape index (κ2) is 1.86. The first-order valence-electron chi connectivity index (χ1n) is 4.09. The predicted molar refractivity (Wildman–Crippen MR) is 39.3 cm³/mol. The Bertz CT molecular complexity index is 127. The summed E-state index contributed by atoms with van der Waals surface area (Å²) >= 11 is 0. The average Bonchev–Trinajstić information content (AvgIpc) is 2.45. The summed E-state index contributed by atoms with van der Waals surface area (Å²) in [5.41, 5.74) is 0.708. The first-order valence-corrected chi connectivity index (χ1v) is 4.09. The minimum atomic E-state index is 0.708. The van der Waals surface area contributed by atoms with E-state index in [1.54, 1.807) is 0 Å². The monoisotopic (exact) mass is 122 g/mol. The van der Waals surface area contributed by atoms with Crippen molar-refractivity contribution >= 4 is 0 Å². The molecule has 2 aliphatic rings. The van der Waals surface area contributed by atoms with Crippen molar-refractivity contribution in [1.82, 2.24) is 0 Å². The van der Waals surface area contributed by atoms with Crippen molar-refractivity contribution in [1.29, 1.82) is 0 Å². The third kappa shape index (κ3) is 0.810. The molecule has 50 valence electrons. The summed E-state index contributed by atoms with van der Waals surface area (Å²) in [5.74, 6) is 0. The van der Waals surface area contributed by atoms with Gasteiger partial charge in [0.15, 0.2) is 0 Å². The first kappa shape index (κ1) is 5.52. The van der Waals surface area contributed by atoms with E-state index in [2.05, 4.69) is 12.2 Å². The molecule has 0 unspecified atom stereocenters. The molecule has 0 amide bonds. The SMILES string of the molecule is C1=CC2(CC1)CCCC2. The van der Waals surface area contributed by atoms with E-state index in [0.29, 0.717) is 5.41 Å². The maximum Gasteiger partial charge on any atom is -0.0115 e. The van der Waals surface area contributed by atoms with Crippen molar-refractivity contribution in [2.24, 2.45) is 5.41 Å². The Morgan fingerprint density at radius 2 is 1.78 bits per heavy atom. The van der Waals surface area contributed by atoms with Crippen molar-refractivity contribution < 1.29 is 0 Å². The minimum Gasteiger partial charge on any atom is -0.0879 e. The van der Waals surface area contributed by atoms with Gasteiger partial charge in [-0.05, 0) is 31.1 Å². The normalized spacial score (nSPS) is 30.2. The molecule has 0 atom stereocenters. The third-order valence-corrected chi connectivity index (χ3v) is 2.88. The van der Waals surface area contributed by atoms with E-state index in [1.807, 2.05) is 0 Å². The fourth-order valence-electron chi connectivity index (χ4n) is 2.28. The van der Waals surface area contributed by atoms with Gasteiger partial charge in [0.1, 0.15) is 0 Å². The highest BCUT2D eigenvalue weighted by Crippen LogP contribution is 2.46. The summed E-state index contributed by atoms with van der Waals surface area (Å²) in [6.45, 7) is 0. The summed E-state index contributed by atoms with van der Waals surface area (Å²) in [7, 11) is 0. The molecule has 0 bridgehead atoms. The summed E-state index contributed by atoms with van der Waals surface area (Å²) < 4.78 is 0. The summed E-state index contributed by atoms with van der Waals surface area (Å²) in [5, 5.41) is 0. The van der Waals surface area contributed by atoms with Crippen LogP contribution < -0.4 is 0 Å². The van der Waals surface area contributed by atoms with Crippen LogP contribution in [0.25, 0.3) is 0 Å². The molecule has 0 heteroatoms. The number of hydrogen-bond donors (Lipinski definition) is 0. The van der Waals surface area contributed by atoms with Gasteiger partial charge >= 0.3 is 0 Å². The van der Waals surface area contributed by atoms with E-state index in [9.17, 15) is 0 Å². The van der Waals surface area contributed by atoms with Crippen molar-refractivity contribution in [3.05, 3.63) is 12.2 Å². The van der Waals surface area contributed by atoms with Crippen LogP contribution in [0.3, 0.4) is 0 Å². The molecule has 0 aromatic heterocycles. The maximum absolute atomic E-state index is 2.47. The van der Waals surface area contributed by atoms with Crippen LogP contribution in [0, 0.1) is 5.41 Å². The van der Waals surface area contributed by atoms with Gasteiger partial charge in [-0.1, -0.05) is 25.0 Å². The van der Waals surface area contributed by atoms with Gasteiger partial charge in [-0.2, -0.15) is 0 Å². The highest BCUT2D eigenvalue weighted by Gasteiger charge is 2.32. The zero-order valence-corrected chi connectivity index (χ0v) is 5.90. The van der Waals surface area contributed by atoms with Gasteiger partial charge in [-0.15, -0.1) is 0 Å². The van der Waals surface area contributed by atoms with Crippen LogP contribution in [0.15, 0.2) is 12.2 Å². The van der Waals surface area contributed by atoms with Crippen molar-refractivity contribution in [2.45, 2.75) is 38.5 Å². The molecular formula is C9H14. The lowest BCUT2D eigenvalue weighted by molar-refractivity contribution is 0.389. The highest BCUT2D eigenvalue weighted by molar-refractivity contribution is 5.08. The van der Waals surface area contributed by atoms with E-state index in [1.165, 1.54) is 38.5 Å². The summed E-state index contributed by atoms with van der Waals surface area (Å²) in [6, 6.07) is 0. The van der Waals surface area contributed by atoms with Gasteiger partial charge < -0.3 is 0 Å². The Balaban J connectivity index is 2.13. The Kier molecular flexibility index (Phi) is 1.14. The van der Waals surface area contributed by atoms with Gasteiger partial charge in [-0.3, -0.25) is 0 Å². The second-order valence-electron chi connectivity index (χ2n) is 3.51. The predicted octanol–water partition coefficient (Wildman–Crippen LogP) is 2.90. The third-order valence-electron chi connectivity index (χ3n) is 2.88. The molecule has 1 fully saturated rings. The molecule has 1 saturated carbocycles. The van der Waals surface area contributed by atoms with E-state index in [0.717, 1.165) is 0 Å². The van der Waals surface area contributed by atoms with Gasteiger partial charge in [0.05, 0.1) is 0 Å². The van der Waals surface area contributed by atoms with Crippen LogP contribution >= 0.6 is 0 Å². The van der Waals surface area contributed by atoms with Gasteiger partial charge in [0, 0.05) is 0 Å². The molecule has 0 saturated heterocycles. The van der Waals surface area contributed by atoms with E-state index in [4.69, 9.17) is 0 Å². The molecule has 0 nitrogen and oxygen atoms in total. The Morgan fingerprint density at radius 3 is 2.33 bits per heavy atom.